The summed E-state index contributed by atoms with van der Waals surface area (Å²) in [7, 11) is 0. The van der Waals surface area contributed by atoms with Crippen molar-refractivity contribution in [3.63, 3.8) is 0 Å². The fourth-order valence-electron chi connectivity index (χ4n) is 2.92. The molecule has 1 heterocycles. The molecule has 1 aliphatic rings. The van der Waals surface area contributed by atoms with E-state index in [0.29, 0.717) is 6.54 Å². The number of hydrogen-bond acceptors (Lipinski definition) is 5. The van der Waals surface area contributed by atoms with E-state index < -0.39 is 4.92 Å². The topological polar surface area (TPSA) is 78.7 Å². The van der Waals surface area contributed by atoms with Gasteiger partial charge in [0.1, 0.15) is 0 Å². The molecule has 7 nitrogen and oxygen atoms in total. The maximum atomic E-state index is 12.2. The molecular weight excluding hydrogens is 400 g/mol. The summed E-state index contributed by atoms with van der Waals surface area (Å²) in [6.07, 6.45) is 0. The molecule has 0 spiro atoms. The summed E-state index contributed by atoms with van der Waals surface area (Å²) in [6.45, 7) is 3.44. The van der Waals surface area contributed by atoms with Gasteiger partial charge in [-0.15, -0.1) is 0 Å². The number of nitrogens with zero attached hydrogens (tertiary/aromatic N) is 3. The van der Waals surface area contributed by atoms with Crippen molar-refractivity contribution in [2.24, 2.45) is 0 Å². The van der Waals surface area contributed by atoms with Crippen LogP contribution < -0.4 is 10.2 Å². The van der Waals surface area contributed by atoms with E-state index in [0.717, 1.165) is 42.0 Å². The molecule has 3 rings (SSSR count). The third-order valence-corrected chi connectivity index (χ3v) is 4.77. The van der Waals surface area contributed by atoms with Crippen molar-refractivity contribution in [1.29, 1.82) is 0 Å². The molecule has 2 aromatic rings. The van der Waals surface area contributed by atoms with E-state index in [1.165, 1.54) is 12.1 Å². The summed E-state index contributed by atoms with van der Waals surface area (Å²) in [5.41, 5.74) is 1.83. The number of carbonyl (C=O) groups is 1. The summed E-state index contributed by atoms with van der Waals surface area (Å²) < 4.78 is 0.923. The first kappa shape index (κ1) is 18.3. The van der Waals surface area contributed by atoms with Crippen LogP contribution in [0.2, 0.25) is 0 Å². The predicted molar refractivity (Wildman–Crippen MR) is 105 cm³/mol. The Kier molecular flexibility index (Phi) is 5.85. The van der Waals surface area contributed by atoms with E-state index in [2.05, 4.69) is 31.0 Å². The van der Waals surface area contributed by atoms with Crippen molar-refractivity contribution in [3.05, 3.63) is 63.1 Å². The first-order valence-corrected chi connectivity index (χ1v) is 9.08. The predicted octanol–water partition coefficient (Wildman–Crippen LogP) is 3.12. The van der Waals surface area contributed by atoms with Crippen LogP contribution in [0, 0.1) is 10.1 Å². The monoisotopic (exact) mass is 418 g/mol. The molecule has 2 aromatic carbocycles. The molecule has 1 aliphatic heterocycles. The highest BCUT2D eigenvalue weighted by Crippen LogP contribution is 2.21. The van der Waals surface area contributed by atoms with Gasteiger partial charge in [-0.1, -0.05) is 22.0 Å². The summed E-state index contributed by atoms with van der Waals surface area (Å²) in [5, 5.41) is 13.6. The SMILES string of the molecule is O=C(CN1CCN(c2ccc([N+](=O)[O-])cc2)CC1)Nc1cccc(Br)c1. The van der Waals surface area contributed by atoms with Gasteiger partial charge in [-0.25, -0.2) is 0 Å². The zero-order valence-corrected chi connectivity index (χ0v) is 15.7. The van der Waals surface area contributed by atoms with Gasteiger partial charge >= 0.3 is 0 Å². The molecule has 8 heteroatoms. The summed E-state index contributed by atoms with van der Waals surface area (Å²) in [6, 6.07) is 14.1. The minimum absolute atomic E-state index is 0.0353. The average Bonchev–Trinajstić information content (AvgIpc) is 2.62. The lowest BCUT2D eigenvalue weighted by molar-refractivity contribution is -0.384. The largest absolute Gasteiger partial charge is 0.369 e. The first-order chi connectivity index (χ1) is 12.5. The quantitative estimate of drug-likeness (QED) is 0.595. The van der Waals surface area contributed by atoms with Gasteiger partial charge in [-0.3, -0.25) is 19.8 Å². The highest BCUT2D eigenvalue weighted by atomic mass is 79.9. The van der Waals surface area contributed by atoms with Gasteiger partial charge in [0, 0.05) is 54.2 Å². The van der Waals surface area contributed by atoms with Crippen LogP contribution in [0.15, 0.2) is 53.0 Å². The van der Waals surface area contributed by atoms with E-state index in [1.807, 2.05) is 24.3 Å². The second-order valence-corrected chi connectivity index (χ2v) is 7.01. The second-order valence-electron chi connectivity index (χ2n) is 6.10. The Morgan fingerprint density at radius 1 is 1.12 bits per heavy atom. The van der Waals surface area contributed by atoms with Crippen LogP contribution in [-0.2, 0) is 4.79 Å². The van der Waals surface area contributed by atoms with E-state index in [-0.39, 0.29) is 11.6 Å². The zero-order chi connectivity index (χ0) is 18.5. The van der Waals surface area contributed by atoms with Gasteiger partial charge in [0.25, 0.3) is 5.69 Å². The Hall–Kier alpha value is -2.45. The molecule has 26 heavy (non-hydrogen) atoms. The van der Waals surface area contributed by atoms with Crippen molar-refractivity contribution in [2.75, 3.05) is 42.9 Å². The van der Waals surface area contributed by atoms with E-state index >= 15 is 0 Å². The average molecular weight is 419 g/mol. The summed E-state index contributed by atoms with van der Waals surface area (Å²) in [5.74, 6) is -0.0353. The normalized spacial score (nSPS) is 14.9. The number of nitro groups is 1. The van der Waals surface area contributed by atoms with Crippen LogP contribution >= 0.6 is 15.9 Å². The molecule has 0 unspecified atom stereocenters. The molecule has 0 aromatic heterocycles. The zero-order valence-electron chi connectivity index (χ0n) is 14.1. The Labute approximate surface area is 159 Å². The molecule has 0 radical (unpaired) electrons. The Balaban J connectivity index is 1.49. The van der Waals surface area contributed by atoms with Crippen molar-refractivity contribution >= 4 is 38.9 Å². The summed E-state index contributed by atoms with van der Waals surface area (Å²) in [4.78, 5) is 26.8. The van der Waals surface area contributed by atoms with E-state index in [9.17, 15) is 14.9 Å². The van der Waals surface area contributed by atoms with Crippen LogP contribution in [0.25, 0.3) is 0 Å². The number of halogens is 1. The fourth-order valence-corrected chi connectivity index (χ4v) is 3.32. The van der Waals surface area contributed by atoms with Gasteiger partial charge < -0.3 is 10.2 Å². The number of rotatable bonds is 5. The van der Waals surface area contributed by atoms with Gasteiger partial charge in [-0.05, 0) is 30.3 Å². The maximum absolute atomic E-state index is 12.2. The van der Waals surface area contributed by atoms with Crippen LogP contribution in [-0.4, -0.2) is 48.5 Å². The number of piperazine rings is 1. The lowest BCUT2D eigenvalue weighted by Crippen LogP contribution is -2.48. The number of amides is 1. The van der Waals surface area contributed by atoms with Crippen LogP contribution in [0.4, 0.5) is 17.1 Å². The molecule has 136 valence electrons. The standard InChI is InChI=1S/C18H19BrN4O3/c19-14-2-1-3-15(12-14)20-18(24)13-21-8-10-22(11-9-21)16-4-6-17(7-5-16)23(25)26/h1-7,12H,8-11,13H2,(H,20,24). The lowest BCUT2D eigenvalue weighted by atomic mass is 10.2. The fraction of sp³-hybridized carbons (Fsp3) is 0.278. The number of nitro benzene ring substituents is 1. The number of non-ortho nitro benzene ring substituents is 1. The van der Waals surface area contributed by atoms with Crippen molar-refractivity contribution in [1.82, 2.24) is 4.90 Å². The highest BCUT2D eigenvalue weighted by Gasteiger charge is 2.19. The van der Waals surface area contributed by atoms with Crippen molar-refractivity contribution < 1.29 is 9.72 Å². The molecule has 0 saturated carbocycles. The molecular formula is C18H19BrN4O3. The molecule has 0 bridgehead atoms. The van der Waals surface area contributed by atoms with Crippen molar-refractivity contribution in [2.45, 2.75) is 0 Å². The van der Waals surface area contributed by atoms with Gasteiger partial charge in [0.15, 0.2) is 0 Å². The van der Waals surface area contributed by atoms with Crippen molar-refractivity contribution in [3.8, 4) is 0 Å². The Bertz CT molecular complexity index is 789. The van der Waals surface area contributed by atoms with E-state index in [1.54, 1.807) is 12.1 Å². The number of carbonyl (C=O) groups excluding carboxylic acids is 1. The van der Waals surface area contributed by atoms with Gasteiger partial charge in [0.2, 0.25) is 5.91 Å². The third kappa shape index (κ3) is 4.80. The minimum atomic E-state index is -0.397. The van der Waals surface area contributed by atoms with Crippen LogP contribution in [0.1, 0.15) is 0 Å². The summed E-state index contributed by atoms with van der Waals surface area (Å²) >= 11 is 3.39. The molecule has 0 atom stereocenters. The molecule has 1 N–H and O–H groups in total. The minimum Gasteiger partial charge on any atom is -0.369 e. The lowest BCUT2D eigenvalue weighted by Gasteiger charge is -2.35. The number of hydrogen-bond donors (Lipinski definition) is 1. The Morgan fingerprint density at radius 2 is 1.81 bits per heavy atom. The molecule has 1 saturated heterocycles. The van der Waals surface area contributed by atoms with Crippen LogP contribution in [0.3, 0.4) is 0 Å². The molecule has 1 fully saturated rings. The van der Waals surface area contributed by atoms with Crippen LogP contribution in [0.5, 0.6) is 0 Å². The number of benzene rings is 2. The van der Waals surface area contributed by atoms with E-state index in [4.69, 9.17) is 0 Å². The number of nitrogens with one attached hydrogen (secondary N) is 1. The van der Waals surface area contributed by atoms with Gasteiger partial charge in [-0.2, -0.15) is 0 Å². The second kappa shape index (κ2) is 8.29. The molecule has 1 amide bonds. The molecule has 0 aliphatic carbocycles. The smallest absolute Gasteiger partial charge is 0.269 e. The third-order valence-electron chi connectivity index (χ3n) is 4.27. The first-order valence-electron chi connectivity index (χ1n) is 8.28. The highest BCUT2D eigenvalue weighted by molar-refractivity contribution is 9.10. The number of anilines is 2. The maximum Gasteiger partial charge on any atom is 0.269 e. The van der Waals surface area contributed by atoms with Gasteiger partial charge in [0.05, 0.1) is 11.5 Å². The Morgan fingerprint density at radius 3 is 2.42 bits per heavy atom.